The van der Waals surface area contributed by atoms with E-state index in [9.17, 15) is 26.4 Å². The zero-order valence-corrected chi connectivity index (χ0v) is 14.8. The molecule has 0 aromatic heterocycles. The lowest BCUT2D eigenvalue weighted by Crippen LogP contribution is -2.46. The number of para-hydroxylation sites is 1. The minimum absolute atomic E-state index is 0.0495. The van der Waals surface area contributed by atoms with Gasteiger partial charge in [-0.1, -0.05) is 26.0 Å². The van der Waals surface area contributed by atoms with Crippen molar-refractivity contribution in [1.82, 2.24) is 5.32 Å². The Bertz CT molecular complexity index is 724. The molecule has 0 radical (unpaired) electrons. The average Bonchev–Trinajstić information content (AvgIpc) is 2.54. The fraction of sp³-hybridized carbons (Fsp3) is 0.562. The number of amides is 1. The summed E-state index contributed by atoms with van der Waals surface area (Å²) in [4.78, 5) is 12.6. The average molecular weight is 378 g/mol. The van der Waals surface area contributed by atoms with Gasteiger partial charge in [-0.25, -0.2) is 8.42 Å². The smallest absolute Gasteiger partial charge is 0.370 e. The summed E-state index contributed by atoms with van der Waals surface area (Å²) in [5.74, 6) is -0.214. The lowest BCUT2D eigenvalue weighted by atomic mass is 10.0. The van der Waals surface area contributed by atoms with Crippen LogP contribution in [0.2, 0.25) is 0 Å². The van der Waals surface area contributed by atoms with Crippen LogP contribution in [0.5, 0.6) is 0 Å². The number of piperidine rings is 1. The number of hydrogen-bond acceptors (Lipinski definition) is 4. The standard InChI is InChI=1S/C16H21F3N2O3S/c1-11(2)15(22)20-12-7-9-21(10-8-12)13-5-3-4-6-14(13)25(23,24)16(17,18)19/h3-6,11-12H,7-10H2,1-2H3,(H,20,22). The number of sulfone groups is 1. The highest BCUT2D eigenvalue weighted by Crippen LogP contribution is 2.36. The third-order valence-corrected chi connectivity index (χ3v) is 5.70. The number of rotatable bonds is 4. The van der Waals surface area contributed by atoms with Crippen molar-refractivity contribution in [3.63, 3.8) is 0 Å². The Morgan fingerprint density at radius 1 is 1.20 bits per heavy atom. The van der Waals surface area contributed by atoms with Gasteiger partial charge in [0.15, 0.2) is 0 Å². The van der Waals surface area contributed by atoms with E-state index in [0.717, 1.165) is 6.07 Å². The van der Waals surface area contributed by atoms with Crippen LogP contribution in [-0.2, 0) is 14.6 Å². The van der Waals surface area contributed by atoms with Crippen LogP contribution in [0.3, 0.4) is 0 Å². The molecule has 9 heteroatoms. The molecule has 0 saturated carbocycles. The number of carbonyl (C=O) groups is 1. The third-order valence-electron chi connectivity index (χ3n) is 4.17. The molecule has 1 heterocycles. The van der Waals surface area contributed by atoms with Crippen LogP contribution in [0, 0.1) is 5.92 Å². The Morgan fingerprint density at radius 3 is 2.28 bits per heavy atom. The Kier molecular flexibility index (Phi) is 5.65. The molecular weight excluding hydrogens is 357 g/mol. The SMILES string of the molecule is CC(C)C(=O)NC1CCN(c2ccccc2S(=O)(=O)C(F)(F)F)CC1. The largest absolute Gasteiger partial charge is 0.501 e. The van der Waals surface area contributed by atoms with E-state index in [1.807, 2.05) is 0 Å². The first-order valence-corrected chi connectivity index (χ1v) is 9.48. The summed E-state index contributed by atoms with van der Waals surface area (Å²) in [5.41, 5.74) is -5.29. The lowest BCUT2D eigenvalue weighted by molar-refractivity contribution is -0.124. The van der Waals surface area contributed by atoms with E-state index in [0.29, 0.717) is 25.9 Å². The van der Waals surface area contributed by atoms with Crippen molar-refractivity contribution >= 4 is 21.4 Å². The highest BCUT2D eigenvalue weighted by Gasteiger charge is 2.48. The van der Waals surface area contributed by atoms with Crippen LogP contribution in [-0.4, -0.2) is 39.0 Å². The number of alkyl halides is 3. The number of anilines is 1. The minimum Gasteiger partial charge on any atom is -0.370 e. The molecule has 1 fully saturated rings. The molecule has 0 aliphatic carbocycles. The molecule has 0 atom stereocenters. The van der Waals surface area contributed by atoms with E-state index in [1.54, 1.807) is 18.7 Å². The minimum atomic E-state index is -5.41. The van der Waals surface area contributed by atoms with Crippen molar-refractivity contribution < 1.29 is 26.4 Å². The van der Waals surface area contributed by atoms with Crippen LogP contribution in [0.25, 0.3) is 0 Å². The van der Waals surface area contributed by atoms with Crippen molar-refractivity contribution in [2.24, 2.45) is 5.92 Å². The van der Waals surface area contributed by atoms with Gasteiger partial charge >= 0.3 is 5.51 Å². The molecular formula is C16H21F3N2O3S. The molecule has 1 saturated heterocycles. The monoisotopic (exact) mass is 378 g/mol. The Morgan fingerprint density at radius 2 is 1.76 bits per heavy atom. The van der Waals surface area contributed by atoms with Crippen molar-refractivity contribution in [3.05, 3.63) is 24.3 Å². The molecule has 0 spiro atoms. The summed E-state index contributed by atoms with van der Waals surface area (Å²) in [6.07, 6.45) is 1.08. The third kappa shape index (κ3) is 4.26. The molecule has 1 aromatic carbocycles. The van der Waals surface area contributed by atoms with E-state index in [2.05, 4.69) is 5.32 Å². The Hall–Kier alpha value is -1.77. The fourth-order valence-corrected chi connectivity index (χ4v) is 3.68. The molecule has 5 nitrogen and oxygen atoms in total. The molecule has 1 aliphatic rings. The molecule has 1 N–H and O–H groups in total. The van der Waals surface area contributed by atoms with Crippen LogP contribution in [0.15, 0.2) is 29.2 Å². The number of hydrogen-bond donors (Lipinski definition) is 1. The molecule has 140 valence electrons. The van der Waals surface area contributed by atoms with Gasteiger partial charge in [0.2, 0.25) is 5.91 Å². The zero-order valence-electron chi connectivity index (χ0n) is 14.0. The van der Waals surface area contributed by atoms with Crippen LogP contribution in [0.1, 0.15) is 26.7 Å². The first kappa shape index (κ1) is 19.6. The predicted molar refractivity (Wildman–Crippen MR) is 87.9 cm³/mol. The van der Waals surface area contributed by atoms with Crippen LogP contribution < -0.4 is 10.2 Å². The molecule has 1 amide bonds. The molecule has 25 heavy (non-hydrogen) atoms. The molecule has 2 rings (SSSR count). The zero-order chi connectivity index (χ0) is 18.8. The summed E-state index contributed by atoms with van der Waals surface area (Å²) in [6.45, 7) is 4.30. The normalized spacial score (nSPS) is 17.0. The number of benzene rings is 1. The number of nitrogens with one attached hydrogen (secondary N) is 1. The summed E-state index contributed by atoms with van der Waals surface area (Å²) in [6, 6.07) is 5.09. The van der Waals surface area contributed by atoms with E-state index < -0.39 is 20.2 Å². The van der Waals surface area contributed by atoms with Gasteiger partial charge < -0.3 is 10.2 Å². The van der Waals surface area contributed by atoms with Crippen molar-refractivity contribution in [3.8, 4) is 0 Å². The maximum atomic E-state index is 12.9. The summed E-state index contributed by atoms with van der Waals surface area (Å²) in [5, 5.41) is 2.90. The quantitative estimate of drug-likeness (QED) is 0.875. The first-order chi connectivity index (χ1) is 11.5. The lowest BCUT2D eigenvalue weighted by Gasteiger charge is -2.35. The second-order valence-corrected chi connectivity index (χ2v) is 8.25. The number of nitrogens with zero attached hydrogens (tertiary/aromatic N) is 1. The van der Waals surface area contributed by atoms with Gasteiger partial charge in [-0.05, 0) is 25.0 Å². The van der Waals surface area contributed by atoms with Gasteiger partial charge in [0, 0.05) is 25.0 Å². The van der Waals surface area contributed by atoms with Gasteiger partial charge in [0.25, 0.3) is 9.84 Å². The van der Waals surface area contributed by atoms with Crippen LogP contribution >= 0.6 is 0 Å². The van der Waals surface area contributed by atoms with E-state index in [4.69, 9.17) is 0 Å². The van der Waals surface area contributed by atoms with Gasteiger partial charge in [0.1, 0.15) is 0 Å². The van der Waals surface area contributed by atoms with E-state index >= 15 is 0 Å². The van der Waals surface area contributed by atoms with Crippen molar-refractivity contribution in [2.75, 3.05) is 18.0 Å². The first-order valence-electron chi connectivity index (χ1n) is 7.99. The number of halogens is 3. The molecule has 0 bridgehead atoms. The number of carbonyl (C=O) groups excluding carboxylic acids is 1. The highest BCUT2D eigenvalue weighted by molar-refractivity contribution is 7.92. The van der Waals surface area contributed by atoms with Crippen molar-refractivity contribution in [1.29, 1.82) is 0 Å². The van der Waals surface area contributed by atoms with Gasteiger partial charge in [0.05, 0.1) is 10.6 Å². The van der Waals surface area contributed by atoms with E-state index in [-0.39, 0.29) is 23.6 Å². The molecule has 1 aromatic rings. The molecule has 0 unspecified atom stereocenters. The Labute approximate surface area is 145 Å². The maximum absolute atomic E-state index is 12.9. The summed E-state index contributed by atoms with van der Waals surface area (Å²) < 4.78 is 62.3. The maximum Gasteiger partial charge on any atom is 0.501 e. The predicted octanol–water partition coefficient (Wildman–Crippen LogP) is 2.72. The summed E-state index contributed by atoms with van der Waals surface area (Å²) in [7, 11) is -5.41. The second-order valence-electron chi connectivity index (χ2n) is 6.34. The molecule has 1 aliphatic heterocycles. The Balaban J connectivity index is 2.16. The highest BCUT2D eigenvalue weighted by atomic mass is 32.2. The van der Waals surface area contributed by atoms with E-state index in [1.165, 1.54) is 18.2 Å². The van der Waals surface area contributed by atoms with Gasteiger partial charge in [-0.2, -0.15) is 13.2 Å². The second kappa shape index (κ2) is 7.23. The van der Waals surface area contributed by atoms with Gasteiger partial charge in [-0.3, -0.25) is 4.79 Å². The summed E-state index contributed by atoms with van der Waals surface area (Å²) >= 11 is 0. The van der Waals surface area contributed by atoms with Crippen molar-refractivity contribution in [2.45, 2.75) is 43.1 Å². The topological polar surface area (TPSA) is 66.5 Å². The van der Waals surface area contributed by atoms with Gasteiger partial charge in [-0.15, -0.1) is 0 Å². The van der Waals surface area contributed by atoms with Crippen LogP contribution in [0.4, 0.5) is 18.9 Å². The fourth-order valence-electron chi connectivity index (χ4n) is 2.70.